The zero-order valence-corrected chi connectivity index (χ0v) is 17.1. The number of carbonyl (C=O) groups excluding carboxylic acids is 3. The number of thioether (sulfide) groups is 1. The van der Waals surface area contributed by atoms with E-state index in [1.807, 2.05) is 12.1 Å². The topological polar surface area (TPSA) is 93.7 Å². The zero-order valence-electron chi connectivity index (χ0n) is 15.6. The van der Waals surface area contributed by atoms with Crippen molar-refractivity contribution in [2.24, 2.45) is 0 Å². The summed E-state index contributed by atoms with van der Waals surface area (Å²) in [5.41, 5.74) is 1.29. The summed E-state index contributed by atoms with van der Waals surface area (Å²) < 4.78 is 10.8. The van der Waals surface area contributed by atoms with Crippen molar-refractivity contribution in [1.29, 1.82) is 0 Å². The summed E-state index contributed by atoms with van der Waals surface area (Å²) >= 11 is 6.95. The molecule has 2 aromatic rings. The average molecular weight is 435 g/mol. The maximum atomic E-state index is 12.3. The lowest BCUT2D eigenvalue weighted by atomic mass is 10.1. The van der Waals surface area contributed by atoms with Crippen LogP contribution in [0.2, 0.25) is 5.02 Å². The Morgan fingerprint density at radius 2 is 1.97 bits per heavy atom. The first-order chi connectivity index (χ1) is 14.0. The Morgan fingerprint density at radius 1 is 1.21 bits per heavy atom. The summed E-state index contributed by atoms with van der Waals surface area (Å²) in [5.74, 6) is 0.528. The lowest BCUT2D eigenvalue weighted by Gasteiger charge is -2.11. The average Bonchev–Trinajstić information content (AvgIpc) is 3.03. The Kier molecular flexibility index (Phi) is 7.00. The molecule has 7 nitrogen and oxygen atoms in total. The van der Waals surface area contributed by atoms with E-state index in [9.17, 15) is 14.4 Å². The van der Waals surface area contributed by atoms with Crippen LogP contribution in [0.5, 0.6) is 11.5 Å². The summed E-state index contributed by atoms with van der Waals surface area (Å²) in [6, 6.07) is 12.1. The van der Waals surface area contributed by atoms with Crippen LogP contribution in [0.25, 0.3) is 0 Å². The second kappa shape index (κ2) is 9.67. The molecule has 0 aromatic heterocycles. The first-order valence-electron chi connectivity index (χ1n) is 8.81. The third-order valence-electron chi connectivity index (χ3n) is 4.17. The van der Waals surface area contributed by atoms with Gasteiger partial charge in [0, 0.05) is 5.02 Å². The highest BCUT2D eigenvalue weighted by Crippen LogP contribution is 2.24. The van der Waals surface area contributed by atoms with Crippen molar-refractivity contribution < 1.29 is 23.9 Å². The maximum absolute atomic E-state index is 12.3. The minimum Gasteiger partial charge on any atom is -0.496 e. The maximum Gasteiger partial charge on any atom is 0.286 e. The second-order valence-corrected chi connectivity index (χ2v) is 7.79. The second-order valence-electron chi connectivity index (χ2n) is 6.18. The summed E-state index contributed by atoms with van der Waals surface area (Å²) in [6.07, 6.45) is 0.472. The van der Waals surface area contributed by atoms with Gasteiger partial charge in [0.15, 0.2) is 0 Å². The van der Waals surface area contributed by atoms with Crippen molar-refractivity contribution in [3.8, 4) is 11.5 Å². The quantitative estimate of drug-likeness (QED) is 0.620. The standard InChI is InChI=1S/C20H19ClN2O5S/c1-27-16-7-4-13(21)11-15(16)18(24)22-8-9-28-14-5-2-12(3-6-14)10-17-19(25)23-20(26)29-17/h2-7,11,17H,8-10H2,1H3,(H,22,24)(H,23,25,26). The molecule has 1 saturated heterocycles. The molecule has 1 atom stereocenters. The van der Waals surface area contributed by atoms with Gasteiger partial charge in [-0.15, -0.1) is 0 Å². The number of ether oxygens (including phenoxy) is 2. The van der Waals surface area contributed by atoms with E-state index in [-0.39, 0.29) is 23.7 Å². The van der Waals surface area contributed by atoms with Crippen molar-refractivity contribution in [3.63, 3.8) is 0 Å². The largest absolute Gasteiger partial charge is 0.496 e. The summed E-state index contributed by atoms with van der Waals surface area (Å²) in [6.45, 7) is 0.584. The molecule has 1 unspecified atom stereocenters. The van der Waals surface area contributed by atoms with Crippen LogP contribution in [0.15, 0.2) is 42.5 Å². The van der Waals surface area contributed by atoms with Gasteiger partial charge in [-0.3, -0.25) is 19.7 Å². The molecule has 3 rings (SSSR count). The van der Waals surface area contributed by atoms with Gasteiger partial charge in [0.05, 0.1) is 24.5 Å². The first-order valence-corrected chi connectivity index (χ1v) is 10.1. The smallest absolute Gasteiger partial charge is 0.286 e. The van der Waals surface area contributed by atoms with E-state index in [1.54, 1.807) is 30.3 Å². The van der Waals surface area contributed by atoms with Gasteiger partial charge >= 0.3 is 0 Å². The molecule has 0 aliphatic carbocycles. The molecule has 1 aliphatic heterocycles. The normalized spacial score (nSPS) is 15.7. The Balaban J connectivity index is 1.45. The summed E-state index contributed by atoms with van der Waals surface area (Å²) in [4.78, 5) is 35.1. The predicted molar refractivity (Wildman–Crippen MR) is 111 cm³/mol. The Labute approximate surface area is 177 Å². The van der Waals surface area contributed by atoms with Crippen molar-refractivity contribution in [1.82, 2.24) is 10.6 Å². The van der Waals surface area contributed by atoms with Crippen LogP contribution in [-0.2, 0) is 11.2 Å². The van der Waals surface area contributed by atoms with E-state index in [0.29, 0.717) is 35.1 Å². The Morgan fingerprint density at radius 3 is 2.62 bits per heavy atom. The van der Waals surface area contributed by atoms with E-state index in [2.05, 4.69) is 10.6 Å². The van der Waals surface area contributed by atoms with Gasteiger partial charge in [0.25, 0.3) is 11.1 Å². The van der Waals surface area contributed by atoms with Gasteiger partial charge in [-0.05, 0) is 42.3 Å². The number of imide groups is 1. The SMILES string of the molecule is COc1ccc(Cl)cc1C(=O)NCCOc1ccc(CC2SC(=O)NC2=O)cc1. The fraction of sp³-hybridized carbons (Fsp3) is 0.250. The number of nitrogens with one attached hydrogen (secondary N) is 2. The monoisotopic (exact) mass is 434 g/mol. The number of methoxy groups -OCH3 is 1. The number of hydrogen-bond donors (Lipinski definition) is 2. The van der Waals surface area contributed by atoms with Crippen molar-refractivity contribution in [3.05, 3.63) is 58.6 Å². The first kappa shape index (κ1) is 21.0. The fourth-order valence-electron chi connectivity index (χ4n) is 2.75. The van der Waals surface area contributed by atoms with Gasteiger partial charge in [0.1, 0.15) is 18.1 Å². The molecule has 2 N–H and O–H groups in total. The molecule has 0 radical (unpaired) electrons. The molecule has 2 aromatic carbocycles. The van der Waals surface area contributed by atoms with Gasteiger partial charge < -0.3 is 14.8 Å². The molecule has 29 heavy (non-hydrogen) atoms. The minimum absolute atomic E-state index is 0.257. The lowest BCUT2D eigenvalue weighted by molar-refractivity contribution is -0.118. The number of rotatable bonds is 8. The number of amides is 3. The highest BCUT2D eigenvalue weighted by Gasteiger charge is 2.31. The van der Waals surface area contributed by atoms with E-state index in [4.69, 9.17) is 21.1 Å². The number of benzene rings is 2. The molecule has 0 spiro atoms. The van der Waals surface area contributed by atoms with E-state index < -0.39 is 5.25 Å². The third-order valence-corrected chi connectivity index (χ3v) is 5.39. The number of carbonyl (C=O) groups is 3. The van der Waals surface area contributed by atoms with Crippen LogP contribution in [0, 0.1) is 0 Å². The molecule has 3 amide bonds. The summed E-state index contributed by atoms with van der Waals surface area (Å²) in [5, 5.41) is 4.78. The van der Waals surface area contributed by atoms with Crippen LogP contribution in [-0.4, -0.2) is 42.6 Å². The van der Waals surface area contributed by atoms with Crippen molar-refractivity contribution in [2.75, 3.05) is 20.3 Å². The Bertz CT molecular complexity index is 920. The van der Waals surface area contributed by atoms with Crippen molar-refractivity contribution >= 4 is 40.4 Å². The zero-order chi connectivity index (χ0) is 20.8. The molecular weight excluding hydrogens is 416 g/mol. The van der Waals surface area contributed by atoms with Gasteiger partial charge in [0.2, 0.25) is 5.91 Å². The lowest BCUT2D eigenvalue weighted by Crippen LogP contribution is -2.28. The van der Waals surface area contributed by atoms with E-state index in [1.165, 1.54) is 7.11 Å². The highest BCUT2D eigenvalue weighted by atomic mass is 35.5. The number of hydrogen-bond acceptors (Lipinski definition) is 6. The minimum atomic E-state index is -0.395. The third kappa shape index (κ3) is 5.65. The van der Waals surface area contributed by atoms with Gasteiger partial charge in [-0.25, -0.2) is 0 Å². The number of halogens is 1. The molecular formula is C20H19ClN2O5S. The van der Waals surface area contributed by atoms with Gasteiger partial charge in [-0.1, -0.05) is 35.5 Å². The molecule has 0 saturated carbocycles. The summed E-state index contributed by atoms with van der Waals surface area (Å²) in [7, 11) is 1.49. The van der Waals surface area contributed by atoms with E-state index >= 15 is 0 Å². The predicted octanol–water partition coefficient (Wildman–Crippen LogP) is 3.05. The molecule has 1 aliphatic rings. The van der Waals surface area contributed by atoms with E-state index in [0.717, 1.165) is 17.3 Å². The molecule has 1 fully saturated rings. The fourth-order valence-corrected chi connectivity index (χ4v) is 3.78. The van der Waals surface area contributed by atoms with Crippen LogP contribution >= 0.6 is 23.4 Å². The van der Waals surface area contributed by atoms with Crippen LogP contribution in [0.3, 0.4) is 0 Å². The van der Waals surface area contributed by atoms with Crippen LogP contribution in [0.1, 0.15) is 15.9 Å². The Hall–Kier alpha value is -2.71. The van der Waals surface area contributed by atoms with Crippen LogP contribution in [0.4, 0.5) is 4.79 Å². The van der Waals surface area contributed by atoms with Gasteiger partial charge in [-0.2, -0.15) is 0 Å². The molecule has 9 heteroatoms. The molecule has 1 heterocycles. The van der Waals surface area contributed by atoms with Crippen LogP contribution < -0.4 is 20.1 Å². The van der Waals surface area contributed by atoms with Crippen molar-refractivity contribution in [2.45, 2.75) is 11.7 Å². The molecule has 152 valence electrons. The molecule has 0 bridgehead atoms. The highest BCUT2D eigenvalue weighted by molar-refractivity contribution is 8.15.